The summed E-state index contributed by atoms with van der Waals surface area (Å²) in [6.45, 7) is 3.09. The predicted octanol–water partition coefficient (Wildman–Crippen LogP) is -2.45. The van der Waals surface area contributed by atoms with E-state index in [1.54, 1.807) is 11.8 Å². The first kappa shape index (κ1) is 13.0. The van der Waals surface area contributed by atoms with Gasteiger partial charge in [0.05, 0.1) is 5.25 Å². The minimum Gasteiger partial charge on any atom is -1.00 e. The van der Waals surface area contributed by atoms with E-state index < -0.39 is 0 Å². The highest BCUT2D eigenvalue weighted by atomic mass is 79.9. The van der Waals surface area contributed by atoms with Gasteiger partial charge < -0.3 is 22.1 Å². The second-order valence-corrected chi connectivity index (χ2v) is 4.00. The van der Waals surface area contributed by atoms with E-state index in [4.69, 9.17) is 11.5 Å². The summed E-state index contributed by atoms with van der Waals surface area (Å²) in [7, 11) is 0. The van der Waals surface area contributed by atoms with Crippen molar-refractivity contribution in [3.63, 3.8) is 0 Å². The Bertz CT molecular complexity index is 224. The molecule has 2 unspecified atom stereocenters. The highest BCUT2D eigenvalue weighted by Crippen LogP contribution is 2.23. The number of hydrogen-bond acceptors (Lipinski definition) is 2. The van der Waals surface area contributed by atoms with Crippen molar-refractivity contribution >= 4 is 17.3 Å². The van der Waals surface area contributed by atoms with Crippen molar-refractivity contribution in [2.24, 2.45) is 0 Å². The molecule has 0 aromatic rings. The first-order valence-corrected chi connectivity index (χ1v) is 5.02. The van der Waals surface area contributed by atoms with E-state index in [1.807, 2.05) is 0 Å². The molecule has 1 heterocycles. The fourth-order valence-electron chi connectivity index (χ4n) is 1.30. The maximum Gasteiger partial charge on any atom is 0.204 e. The van der Waals surface area contributed by atoms with Gasteiger partial charge in [0, 0.05) is 6.61 Å². The van der Waals surface area contributed by atoms with Crippen molar-refractivity contribution in [3.05, 3.63) is 0 Å². The van der Waals surface area contributed by atoms with Gasteiger partial charge in [0.2, 0.25) is 6.54 Å². The summed E-state index contributed by atoms with van der Waals surface area (Å²) in [5, 5.41) is 9.28. The number of rotatable bonds is 3. The van der Waals surface area contributed by atoms with Crippen molar-refractivity contribution in [2.45, 2.75) is 24.6 Å². The molecule has 0 aliphatic carbocycles. The smallest absolute Gasteiger partial charge is 0.204 e. The molecule has 4 heteroatoms. The first-order chi connectivity index (χ1) is 5.79. The number of hydrogen-bond donors (Lipinski definition) is 1. The second-order valence-electron chi connectivity index (χ2n) is 2.91. The second kappa shape index (κ2) is 6.47. The van der Waals surface area contributed by atoms with Crippen LogP contribution in [0.5, 0.6) is 0 Å². The third-order valence-electron chi connectivity index (χ3n) is 2.12. The molecule has 1 rings (SSSR count). The molecule has 1 aliphatic heterocycles. The van der Waals surface area contributed by atoms with Crippen LogP contribution in [0.4, 0.5) is 0 Å². The minimum absolute atomic E-state index is 0. The Morgan fingerprint density at radius 3 is 2.92 bits per heavy atom. The van der Waals surface area contributed by atoms with E-state index in [1.165, 1.54) is 0 Å². The van der Waals surface area contributed by atoms with Crippen molar-refractivity contribution in [1.82, 2.24) is 0 Å². The molecular formula is C9H14BrNOS. The molecule has 2 nitrogen and oxygen atoms in total. The molecule has 0 aromatic heterocycles. The lowest BCUT2D eigenvalue weighted by molar-refractivity contribution is -0.540. The van der Waals surface area contributed by atoms with Crippen LogP contribution in [0.15, 0.2) is 0 Å². The van der Waals surface area contributed by atoms with Crippen LogP contribution in [0.2, 0.25) is 0 Å². The Morgan fingerprint density at radius 1 is 1.69 bits per heavy atom. The maximum absolute atomic E-state index is 8.77. The molecule has 0 aromatic carbocycles. The summed E-state index contributed by atoms with van der Waals surface area (Å²) in [6.07, 6.45) is 6.07. The zero-order chi connectivity index (χ0) is 8.97. The van der Waals surface area contributed by atoms with E-state index in [0.29, 0.717) is 17.8 Å². The Kier molecular flexibility index (Phi) is 6.48. The number of nitrogens with zero attached hydrogens (tertiary/aromatic N) is 1. The van der Waals surface area contributed by atoms with Gasteiger partial charge in [0.1, 0.15) is 0 Å². The lowest BCUT2D eigenvalue weighted by atomic mass is 10.2. The van der Waals surface area contributed by atoms with Crippen molar-refractivity contribution in [3.8, 4) is 12.3 Å². The van der Waals surface area contributed by atoms with Crippen molar-refractivity contribution < 1.29 is 26.7 Å². The molecule has 0 saturated carbocycles. The van der Waals surface area contributed by atoms with Crippen molar-refractivity contribution in [1.29, 1.82) is 0 Å². The van der Waals surface area contributed by atoms with Crippen LogP contribution in [0, 0.1) is 12.3 Å². The standard InChI is InChI=1S/C9H14NOS.BrH/c1-3-5-10-7-12-9(4-6-11)8(10)2;/h1,7-9,11H,4-6H2,2H3;1H/q+1;/p-1. The zero-order valence-corrected chi connectivity index (χ0v) is 10.0. The Labute approximate surface area is 94.2 Å². The van der Waals surface area contributed by atoms with Gasteiger partial charge in [-0.25, -0.2) is 4.58 Å². The average Bonchev–Trinajstić information content (AvgIpc) is 2.38. The third kappa shape index (κ3) is 3.34. The number of aliphatic hydroxyl groups excluding tert-OH is 1. The van der Waals surface area contributed by atoms with E-state index in [9.17, 15) is 0 Å². The molecule has 0 saturated heterocycles. The van der Waals surface area contributed by atoms with Gasteiger partial charge in [-0.15, -0.1) is 6.42 Å². The van der Waals surface area contributed by atoms with Gasteiger partial charge in [-0.1, -0.05) is 11.8 Å². The van der Waals surface area contributed by atoms with Gasteiger partial charge >= 0.3 is 0 Å². The monoisotopic (exact) mass is 263 g/mol. The quantitative estimate of drug-likeness (QED) is 0.452. The molecule has 0 fully saturated rings. The minimum atomic E-state index is 0. The summed E-state index contributed by atoms with van der Waals surface area (Å²) >= 11 is 1.77. The molecule has 74 valence electrons. The third-order valence-corrected chi connectivity index (χ3v) is 3.49. The van der Waals surface area contributed by atoms with Crippen LogP contribution in [0.3, 0.4) is 0 Å². The molecular weight excluding hydrogens is 250 g/mol. The summed E-state index contributed by atoms with van der Waals surface area (Å²) < 4.78 is 2.14. The number of terminal acetylenes is 1. The maximum atomic E-state index is 8.77. The van der Waals surface area contributed by atoms with Gasteiger partial charge in [-0.05, 0) is 19.3 Å². The lowest BCUT2D eigenvalue weighted by Crippen LogP contribution is -3.00. The Morgan fingerprint density at radius 2 is 2.38 bits per heavy atom. The highest BCUT2D eigenvalue weighted by Gasteiger charge is 2.31. The van der Waals surface area contributed by atoms with Gasteiger partial charge in [0.25, 0.3) is 0 Å². The summed E-state index contributed by atoms with van der Waals surface area (Å²) in [5.41, 5.74) is 2.07. The van der Waals surface area contributed by atoms with Crippen LogP contribution >= 0.6 is 11.8 Å². The van der Waals surface area contributed by atoms with Crippen LogP contribution in [-0.2, 0) is 0 Å². The van der Waals surface area contributed by atoms with Crippen LogP contribution in [0.1, 0.15) is 13.3 Å². The number of aliphatic hydroxyl groups is 1. The summed E-state index contributed by atoms with van der Waals surface area (Å²) in [4.78, 5) is 0. The normalized spacial score (nSPS) is 26.1. The first-order valence-electron chi connectivity index (χ1n) is 4.08. The van der Waals surface area contributed by atoms with Crippen LogP contribution < -0.4 is 17.0 Å². The molecule has 0 bridgehead atoms. The van der Waals surface area contributed by atoms with Gasteiger partial charge in [-0.2, -0.15) is 0 Å². The predicted molar refractivity (Wildman–Crippen MR) is 52.6 cm³/mol. The molecule has 0 spiro atoms. The highest BCUT2D eigenvalue weighted by molar-refractivity contribution is 8.12. The van der Waals surface area contributed by atoms with E-state index in [0.717, 1.165) is 6.42 Å². The Hall–Kier alpha value is 0.0200. The Balaban J connectivity index is 0.00000144. The van der Waals surface area contributed by atoms with E-state index in [2.05, 4.69) is 23.0 Å². The van der Waals surface area contributed by atoms with E-state index in [-0.39, 0.29) is 23.6 Å². The fraction of sp³-hybridized carbons (Fsp3) is 0.667. The molecule has 2 atom stereocenters. The molecule has 0 amide bonds. The zero-order valence-electron chi connectivity index (χ0n) is 7.61. The molecule has 0 radical (unpaired) electrons. The van der Waals surface area contributed by atoms with Crippen LogP contribution in [0.25, 0.3) is 0 Å². The number of thioether (sulfide) groups is 1. The summed E-state index contributed by atoms with van der Waals surface area (Å²) in [6, 6.07) is 0.457. The lowest BCUT2D eigenvalue weighted by Gasteiger charge is -2.09. The topological polar surface area (TPSA) is 23.2 Å². The summed E-state index contributed by atoms with van der Waals surface area (Å²) in [5.74, 6) is 2.62. The average molecular weight is 264 g/mol. The fourth-order valence-corrected chi connectivity index (χ4v) is 2.51. The molecule has 1 N–H and O–H groups in total. The SMILES string of the molecule is C#CC[N+]1=CSC(CCO)C1C.[Br-]. The van der Waals surface area contributed by atoms with Crippen molar-refractivity contribution in [2.75, 3.05) is 13.2 Å². The van der Waals surface area contributed by atoms with Crippen LogP contribution in [-0.4, -0.2) is 39.7 Å². The van der Waals surface area contributed by atoms with Gasteiger partial charge in [-0.3, -0.25) is 0 Å². The van der Waals surface area contributed by atoms with E-state index >= 15 is 0 Å². The number of halogens is 1. The molecule has 1 aliphatic rings. The van der Waals surface area contributed by atoms with Gasteiger partial charge in [0.15, 0.2) is 11.6 Å². The largest absolute Gasteiger partial charge is 1.00 e. The molecule has 13 heavy (non-hydrogen) atoms.